The van der Waals surface area contributed by atoms with Gasteiger partial charge in [-0.05, 0) is 24.1 Å². The molecule has 0 aromatic heterocycles. The Bertz CT molecular complexity index is 669. The molecule has 1 N–H and O–H groups in total. The first-order chi connectivity index (χ1) is 12.9. The number of hydrogen-bond donors (Lipinski definition) is 1. The Labute approximate surface area is 159 Å². The topological polar surface area (TPSA) is 88.2 Å². The van der Waals surface area contributed by atoms with Crippen molar-refractivity contribution in [2.45, 2.75) is 13.8 Å². The maximum Gasteiger partial charge on any atom is 0.409 e. The van der Waals surface area contributed by atoms with E-state index in [2.05, 4.69) is 10.1 Å². The summed E-state index contributed by atoms with van der Waals surface area (Å²) in [4.78, 5) is 39.4. The number of methoxy groups -OCH3 is 1. The third-order valence-electron chi connectivity index (χ3n) is 4.11. The summed E-state index contributed by atoms with van der Waals surface area (Å²) in [6, 6.07) is 6.60. The fraction of sp³-hybridized carbons (Fsp3) is 0.526. The summed E-state index contributed by atoms with van der Waals surface area (Å²) in [5.41, 5.74) is 0.919. The fourth-order valence-electron chi connectivity index (χ4n) is 2.66. The first kappa shape index (κ1) is 20.7. The van der Waals surface area contributed by atoms with Crippen molar-refractivity contribution in [3.05, 3.63) is 29.8 Å². The number of rotatable bonds is 6. The second-order valence-electron chi connectivity index (χ2n) is 6.85. The van der Waals surface area contributed by atoms with Crippen LogP contribution in [-0.2, 0) is 14.3 Å². The zero-order chi connectivity index (χ0) is 19.8. The van der Waals surface area contributed by atoms with E-state index in [9.17, 15) is 14.4 Å². The molecule has 0 saturated carbocycles. The normalized spacial score (nSPS) is 14.7. The number of ether oxygens (including phenoxy) is 2. The first-order valence-corrected chi connectivity index (χ1v) is 9.01. The number of nitrogens with one attached hydrogen (secondary N) is 1. The van der Waals surface area contributed by atoms with Crippen LogP contribution < -0.4 is 5.32 Å². The Morgan fingerprint density at radius 1 is 1.15 bits per heavy atom. The van der Waals surface area contributed by atoms with Crippen LogP contribution in [-0.4, -0.2) is 74.2 Å². The highest BCUT2D eigenvalue weighted by Gasteiger charge is 2.23. The Morgan fingerprint density at radius 2 is 1.85 bits per heavy atom. The largest absolute Gasteiger partial charge is 0.465 e. The molecule has 1 heterocycles. The lowest BCUT2D eigenvalue weighted by atomic mass is 10.2. The molecule has 1 aromatic carbocycles. The van der Waals surface area contributed by atoms with Crippen molar-refractivity contribution >= 4 is 23.7 Å². The van der Waals surface area contributed by atoms with Gasteiger partial charge in [-0.2, -0.15) is 0 Å². The fourth-order valence-corrected chi connectivity index (χ4v) is 2.66. The molecule has 2 amide bonds. The number of benzene rings is 1. The third kappa shape index (κ3) is 6.56. The predicted octanol–water partition coefficient (Wildman–Crippen LogP) is 1.82. The molecule has 0 spiro atoms. The molecule has 8 heteroatoms. The van der Waals surface area contributed by atoms with Gasteiger partial charge in [0.2, 0.25) is 5.91 Å². The highest BCUT2D eigenvalue weighted by molar-refractivity contribution is 5.95. The number of anilines is 1. The Kier molecular flexibility index (Phi) is 7.60. The minimum absolute atomic E-state index is 0.173. The van der Waals surface area contributed by atoms with Crippen molar-refractivity contribution in [3.8, 4) is 0 Å². The van der Waals surface area contributed by atoms with E-state index in [0.717, 1.165) is 0 Å². The molecule has 0 aliphatic carbocycles. The minimum Gasteiger partial charge on any atom is -0.465 e. The highest BCUT2D eigenvalue weighted by atomic mass is 16.6. The van der Waals surface area contributed by atoms with Crippen LogP contribution in [0.3, 0.4) is 0 Å². The molecule has 1 aromatic rings. The molecule has 27 heavy (non-hydrogen) atoms. The van der Waals surface area contributed by atoms with Gasteiger partial charge in [-0.25, -0.2) is 9.59 Å². The molecule has 1 saturated heterocycles. The van der Waals surface area contributed by atoms with E-state index in [-0.39, 0.29) is 18.5 Å². The zero-order valence-corrected chi connectivity index (χ0v) is 16.1. The molecule has 0 atom stereocenters. The average molecular weight is 377 g/mol. The van der Waals surface area contributed by atoms with Crippen LogP contribution in [0.15, 0.2) is 24.3 Å². The third-order valence-corrected chi connectivity index (χ3v) is 4.11. The maximum absolute atomic E-state index is 12.3. The quantitative estimate of drug-likeness (QED) is 0.761. The first-order valence-electron chi connectivity index (χ1n) is 9.01. The molecule has 1 aliphatic heterocycles. The molecule has 1 fully saturated rings. The van der Waals surface area contributed by atoms with Crippen molar-refractivity contribution < 1.29 is 23.9 Å². The number of piperazine rings is 1. The summed E-state index contributed by atoms with van der Waals surface area (Å²) >= 11 is 0. The number of nitrogens with zero attached hydrogens (tertiary/aromatic N) is 2. The van der Waals surface area contributed by atoms with Crippen molar-refractivity contribution in [3.63, 3.8) is 0 Å². The SMILES string of the molecule is COC(=O)c1cccc(NC(=O)CN2CCN(C(=O)OCC(C)C)CC2)c1. The van der Waals surface area contributed by atoms with Gasteiger partial charge in [-0.3, -0.25) is 9.69 Å². The monoisotopic (exact) mass is 377 g/mol. The van der Waals surface area contributed by atoms with E-state index in [0.29, 0.717) is 50.0 Å². The van der Waals surface area contributed by atoms with Gasteiger partial charge in [0.1, 0.15) is 0 Å². The van der Waals surface area contributed by atoms with E-state index >= 15 is 0 Å². The van der Waals surface area contributed by atoms with E-state index in [1.807, 2.05) is 18.7 Å². The van der Waals surface area contributed by atoms with Crippen LogP contribution in [0.2, 0.25) is 0 Å². The van der Waals surface area contributed by atoms with E-state index in [1.54, 1.807) is 29.2 Å². The van der Waals surface area contributed by atoms with Crippen LogP contribution in [0.4, 0.5) is 10.5 Å². The number of carbonyl (C=O) groups excluding carboxylic acids is 3. The van der Waals surface area contributed by atoms with Crippen LogP contribution in [0, 0.1) is 5.92 Å². The lowest BCUT2D eigenvalue weighted by Gasteiger charge is -2.33. The maximum atomic E-state index is 12.3. The van der Waals surface area contributed by atoms with Crippen molar-refractivity contribution in [1.29, 1.82) is 0 Å². The summed E-state index contributed by atoms with van der Waals surface area (Å²) in [6.45, 7) is 6.88. The smallest absolute Gasteiger partial charge is 0.409 e. The summed E-state index contributed by atoms with van der Waals surface area (Å²) in [7, 11) is 1.31. The van der Waals surface area contributed by atoms with Gasteiger partial charge in [0, 0.05) is 31.9 Å². The summed E-state index contributed by atoms with van der Waals surface area (Å²) in [5.74, 6) is -0.323. The summed E-state index contributed by atoms with van der Waals surface area (Å²) in [6.07, 6.45) is -0.299. The lowest BCUT2D eigenvalue weighted by Crippen LogP contribution is -2.50. The van der Waals surface area contributed by atoms with Crippen molar-refractivity contribution in [2.75, 3.05) is 51.8 Å². The molecule has 0 unspecified atom stereocenters. The van der Waals surface area contributed by atoms with Crippen molar-refractivity contribution in [1.82, 2.24) is 9.80 Å². The molecule has 0 radical (unpaired) electrons. The van der Waals surface area contributed by atoms with Crippen LogP contribution >= 0.6 is 0 Å². The van der Waals surface area contributed by atoms with Gasteiger partial charge in [-0.1, -0.05) is 19.9 Å². The lowest BCUT2D eigenvalue weighted by molar-refractivity contribution is -0.117. The van der Waals surface area contributed by atoms with Crippen LogP contribution in [0.25, 0.3) is 0 Å². The predicted molar refractivity (Wildman–Crippen MR) is 101 cm³/mol. The molecule has 0 bridgehead atoms. The van der Waals surface area contributed by atoms with Gasteiger partial charge in [-0.15, -0.1) is 0 Å². The highest BCUT2D eigenvalue weighted by Crippen LogP contribution is 2.12. The minimum atomic E-state index is -0.452. The van der Waals surface area contributed by atoms with Gasteiger partial charge in [0.05, 0.1) is 25.8 Å². The number of hydrogen-bond acceptors (Lipinski definition) is 6. The summed E-state index contributed by atoms with van der Waals surface area (Å²) in [5, 5.41) is 2.78. The zero-order valence-electron chi connectivity index (χ0n) is 16.1. The molecular weight excluding hydrogens is 350 g/mol. The van der Waals surface area contributed by atoms with E-state index < -0.39 is 5.97 Å². The molecule has 148 valence electrons. The van der Waals surface area contributed by atoms with Gasteiger partial charge in [0.15, 0.2) is 0 Å². The number of esters is 1. The van der Waals surface area contributed by atoms with Gasteiger partial charge in [0.25, 0.3) is 0 Å². The average Bonchev–Trinajstić information content (AvgIpc) is 2.66. The molecule has 1 aliphatic rings. The van der Waals surface area contributed by atoms with Gasteiger partial charge < -0.3 is 19.7 Å². The summed E-state index contributed by atoms with van der Waals surface area (Å²) < 4.78 is 9.90. The van der Waals surface area contributed by atoms with E-state index in [4.69, 9.17) is 4.74 Å². The second-order valence-corrected chi connectivity index (χ2v) is 6.85. The van der Waals surface area contributed by atoms with Crippen LogP contribution in [0.5, 0.6) is 0 Å². The molecule has 2 rings (SSSR count). The second kappa shape index (κ2) is 9.91. The molecule has 8 nitrogen and oxygen atoms in total. The standard InChI is InChI=1S/C19H27N3O5/c1-14(2)13-27-19(25)22-9-7-21(8-10-22)12-17(23)20-16-6-4-5-15(11-16)18(24)26-3/h4-6,11,14H,7-10,12-13H2,1-3H3,(H,20,23). The Balaban J connectivity index is 1.78. The Morgan fingerprint density at radius 3 is 2.48 bits per heavy atom. The van der Waals surface area contributed by atoms with E-state index in [1.165, 1.54) is 7.11 Å². The van der Waals surface area contributed by atoms with Crippen molar-refractivity contribution in [2.24, 2.45) is 5.92 Å². The number of carbonyl (C=O) groups is 3. The van der Waals surface area contributed by atoms with Gasteiger partial charge >= 0.3 is 12.1 Å². The van der Waals surface area contributed by atoms with Crippen LogP contribution in [0.1, 0.15) is 24.2 Å². The molecular formula is C19H27N3O5. The Hall–Kier alpha value is -2.61. The number of amides is 2.